The smallest absolute Gasteiger partial charge is 0.191 e. The van der Waals surface area contributed by atoms with E-state index in [4.69, 9.17) is 0 Å². The predicted molar refractivity (Wildman–Crippen MR) is 72.4 cm³/mol. The van der Waals surface area contributed by atoms with E-state index in [1.54, 1.807) is 0 Å². The van der Waals surface area contributed by atoms with Gasteiger partial charge in [-0.3, -0.25) is 9.89 Å². The van der Waals surface area contributed by atoms with Crippen molar-refractivity contribution < 1.29 is 0 Å². The fourth-order valence-corrected chi connectivity index (χ4v) is 2.87. The summed E-state index contributed by atoms with van der Waals surface area (Å²) in [7, 11) is 0. The number of rotatable bonds is 3. The van der Waals surface area contributed by atoms with Crippen LogP contribution in [0.5, 0.6) is 0 Å². The zero-order valence-corrected chi connectivity index (χ0v) is 11.2. The van der Waals surface area contributed by atoms with Crippen molar-refractivity contribution in [2.75, 3.05) is 26.2 Å². The van der Waals surface area contributed by atoms with Crippen LogP contribution in [0.1, 0.15) is 39.5 Å². The van der Waals surface area contributed by atoms with Gasteiger partial charge >= 0.3 is 0 Å². The highest BCUT2D eigenvalue weighted by atomic mass is 15.2. The number of aliphatic imine (C=N–C) groups is 1. The molecule has 2 heterocycles. The maximum atomic E-state index is 4.43. The predicted octanol–water partition coefficient (Wildman–Crippen LogP) is 1.19. The summed E-state index contributed by atoms with van der Waals surface area (Å²) in [6.45, 7) is 8.86. The normalized spacial score (nSPS) is 30.6. The zero-order chi connectivity index (χ0) is 12.1. The molecule has 2 atom stereocenters. The van der Waals surface area contributed by atoms with Crippen LogP contribution in [0, 0.1) is 0 Å². The van der Waals surface area contributed by atoms with Gasteiger partial charge in [0.25, 0.3) is 0 Å². The molecule has 2 unspecified atom stereocenters. The average Bonchev–Trinajstić information content (AvgIpc) is 2.34. The molecule has 0 aliphatic carbocycles. The molecule has 0 aromatic heterocycles. The minimum absolute atomic E-state index is 0.738. The second-order valence-corrected chi connectivity index (χ2v) is 5.30. The van der Waals surface area contributed by atoms with Crippen LogP contribution in [0.3, 0.4) is 0 Å². The van der Waals surface area contributed by atoms with Crippen molar-refractivity contribution in [3.05, 3.63) is 0 Å². The fourth-order valence-electron chi connectivity index (χ4n) is 2.87. The first-order valence-electron chi connectivity index (χ1n) is 7.05. The molecular formula is C13H26N4. The monoisotopic (exact) mass is 238 g/mol. The van der Waals surface area contributed by atoms with Gasteiger partial charge in [-0.25, -0.2) is 0 Å². The van der Waals surface area contributed by atoms with Gasteiger partial charge in [-0.05, 0) is 33.1 Å². The summed E-state index contributed by atoms with van der Waals surface area (Å²) >= 11 is 0. The van der Waals surface area contributed by atoms with Crippen LogP contribution in [-0.4, -0.2) is 49.1 Å². The Hall–Kier alpha value is -0.770. The van der Waals surface area contributed by atoms with E-state index in [1.165, 1.54) is 19.3 Å². The van der Waals surface area contributed by atoms with E-state index in [0.29, 0.717) is 0 Å². The molecule has 4 nitrogen and oxygen atoms in total. The Kier molecular flexibility index (Phi) is 4.66. The van der Waals surface area contributed by atoms with Gasteiger partial charge < -0.3 is 10.6 Å². The maximum absolute atomic E-state index is 4.43. The number of guanidine groups is 1. The fraction of sp³-hybridized carbons (Fsp3) is 0.923. The lowest BCUT2D eigenvalue weighted by Crippen LogP contribution is -2.49. The summed E-state index contributed by atoms with van der Waals surface area (Å²) in [6, 6.07) is 1.48. The van der Waals surface area contributed by atoms with Crippen LogP contribution in [0.2, 0.25) is 0 Å². The molecule has 4 heteroatoms. The highest BCUT2D eigenvalue weighted by Crippen LogP contribution is 2.21. The Morgan fingerprint density at radius 2 is 2.06 bits per heavy atom. The zero-order valence-electron chi connectivity index (χ0n) is 11.2. The molecule has 0 aromatic carbocycles. The van der Waals surface area contributed by atoms with Crippen molar-refractivity contribution in [1.82, 2.24) is 15.5 Å². The van der Waals surface area contributed by atoms with Crippen molar-refractivity contribution in [3.63, 3.8) is 0 Å². The third kappa shape index (κ3) is 3.60. The number of hydrogen-bond donors (Lipinski definition) is 2. The van der Waals surface area contributed by atoms with Gasteiger partial charge in [0.05, 0.1) is 0 Å². The maximum Gasteiger partial charge on any atom is 0.191 e. The number of nitrogens with zero attached hydrogens (tertiary/aromatic N) is 2. The second kappa shape index (κ2) is 6.24. The quantitative estimate of drug-likeness (QED) is 0.776. The lowest BCUT2D eigenvalue weighted by molar-refractivity contribution is 0.106. The molecular weight excluding hydrogens is 212 g/mol. The number of piperidine rings is 1. The second-order valence-electron chi connectivity index (χ2n) is 5.30. The van der Waals surface area contributed by atoms with Crippen molar-refractivity contribution in [1.29, 1.82) is 0 Å². The molecule has 98 valence electrons. The van der Waals surface area contributed by atoms with Gasteiger partial charge in [0.1, 0.15) is 0 Å². The van der Waals surface area contributed by atoms with Crippen molar-refractivity contribution in [3.8, 4) is 0 Å². The van der Waals surface area contributed by atoms with Gasteiger partial charge in [0, 0.05) is 38.3 Å². The van der Waals surface area contributed by atoms with E-state index in [2.05, 4.69) is 34.4 Å². The number of nitrogens with one attached hydrogen (secondary N) is 2. The minimum atomic E-state index is 0.738. The van der Waals surface area contributed by atoms with Crippen LogP contribution < -0.4 is 10.6 Å². The summed E-state index contributed by atoms with van der Waals surface area (Å²) in [5.74, 6) is 0.994. The minimum Gasteiger partial charge on any atom is -0.356 e. The molecule has 0 radical (unpaired) electrons. The molecule has 1 fully saturated rings. The molecule has 0 bridgehead atoms. The number of hydrogen-bond acceptors (Lipinski definition) is 4. The lowest BCUT2D eigenvalue weighted by Gasteiger charge is -2.39. The Morgan fingerprint density at radius 1 is 1.29 bits per heavy atom. The molecule has 1 saturated heterocycles. The van der Waals surface area contributed by atoms with Crippen LogP contribution in [0.4, 0.5) is 0 Å². The van der Waals surface area contributed by atoms with E-state index in [0.717, 1.165) is 50.6 Å². The Balaban J connectivity index is 1.71. The summed E-state index contributed by atoms with van der Waals surface area (Å²) in [4.78, 5) is 7.05. The van der Waals surface area contributed by atoms with Crippen molar-refractivity contribution in [2.24, 2.45) is 4.99 Å². The first-order valence-corrected chi connectivity index (χ1v) is 7.05. The van der Waals surface area contributed by atoms with Crippen molar-refractivity contribution >= 4 is 5.96 Å². The van der Waals surface area contributed by atoms with E-state index in [9.17, 15) is 0 Å². The first kappa shape index (κ1) is 12.7. The van der Waals surface area contributed by atoms with Crippen LogP contribution in [0.25, 0.3) is 0 Å². The highest BCUT2D eigenvalue weighted by Gasteiger charge is 2.23. The highest BCUT2D eigenvalue weighted by molar-refractivity contribution is 5.80. The third-order valence-electron chi connectivity index (χ3n) is 3.94. The van der Waals surface area contributed by atoms with E-state index < -0.39 is 0 Å². The van der Waals surface area contributed by atoms with Gasteiger partial charge in [0.15, 0.2) is 5.96 Å². The summed E-state index contributed by atoms with van der Waals surface area (Å²) in [5.41, 5.74) is 0. The standard InChI is InChI=1S/C13H26N4/c1-11-5-3-6-12(2)17(11)10-9-16-13-14-7-4-8-15-13/h11-12H,3-10H2,1-2H3,(H2,14,15,16). The Morgan fingerprint density at radius 3 is 2.71 bits per heavy atom. The van der Waals surface area contributed by atoms with Crippen LogP contribution >= 0.6 is 0 Å². The third-order valence-corrected chi connectivity index (χ3v) is 3.94. The topological polar surface area (TPSA) is 39.7 Å². The molecule has 2 rings (SSSR count). The number of likely N-dealkylation sites (tertiary alicyclic amines) is 1. The van der Waals surface area contributed by atoms with Gasteiger partial charge in [-0.15, -0.1) is 0 Å². The largest absolute Gasteiger partial charge is 0.356 e. The Labute approximate surface area is 105 Å². The van der Waals surface area contributed by atoms with Gasteiger partial charge in [-0.1, -0.05) is 6.42 Å². The van der Waals surface area contributed by atoms with E-state index >= 15 is 0 Å². The molecule has 17 heavy (non-hydrogen) atoms. The molecule has 2 N–H and O–H groups in total. The summed E-state index contributed by atoms with van der Waals surface area (Å²) < 4.78 is 0. The molecule has 0 aromatic rings. The van der Waals surface area contributed by atoms with Gasteiger partial charge in [-0.2, -0.15) is 0 Å². The summed E-state index contributed by atoms with van der Waals surface area (Å²) in [5, 5.41) is 6.71. The first-order chi connectivity index (χ1) is 8.27. The molecule has 0 amide bonds. The Bertz CT molecular complexity index is 254. The van der Waals surface area contributed by atoms with Crippen LogP contribution in [-0.2, 0) is 0 Å². The van der Waals surface area contributed by atoms with Gasteiger partial charge in [0.2, 0.25) is 0 Å². The van der Waals surface area contributed by atoms with E-state index in [-0.39, 0.29) is 0 Å². The van der Waals surface area contributed by atoms with Crippen molar-refractivity contribution in [2.45, 2.75) is 51.6 Å². The molecule has 2 aliphatic rings. The SMILES string of the molecule is CC1CCCC(C)N1CCNC1=NCCCN1. The molecule has 0 saturated carbocycles. The van der Waals surface area contributed by atoms with Crippen LogP contribution in [0.15, 0.2) is 4.99 Å². The molecule has 2 aliphatic heterocycles. The summed E-state index contributed by atoms with van der Waals surface area (Å²) in [6.07, 6.45) is 5.25. The average molecular weight is 238 g/mol. The molecule has 0 spiro atoms. The lowest BCUT2D eigenvalue weighted by atomic mass is 9.98. The van der Waals surface area contributed by atoms with E-state index in [1.807, 2.05) is 0 Å².